The number of thioether (sulfide) groups is 1. The van der Waals surface area contributed by atoms with Crippen molar-refractivity contribution in [1.82, 2.24) is 20.2 Å². The molecule has 0 aliphatic rings. The van der Waals surface area contributed by atoms with Gasteiger partial charge in [-0.15, -0.1) is 5.10 Å². The third-order valence-electron chi connectivity index (χ3n) is 1.44. The van der Waals surface area contributed by atoms with Crippen LogP contribution in [-0.2, 0) is 7.05 Å². The van der Waals surface area contributed by atoms with Crippen molar-refractivity contribution in [3.63, 3.8) is 0 Å². The molecule has 1 rings (SSSR count). The lowest BCUT2D eigenvalue weighted by atomic mass is 10.2. The number of aryl methyl sites for hydroxylation is 1. The van der Waals surface area contributed by atoms with E-state index in [1.54, 1.807) is 16.4 Å². The SMILES string of the molecule is Cn1nnnc1SC(C)(C)CN. The molecule has 0 amide bonds. The molecule has 6 heteroatoms. The summed E-state index contributed by atoms with van der Waals surface area (Å²) in [5, 5.41) is 11.9. The number of aromatic nitrogens is 4. The number of tetrazole rings is 1. The molecule has 68 valence electrons. The van der Waals surface area contributed by atoms with Gasteiger partial charge in [-0.05, 0) is 24.3 Å². The highest BCUT2D eigenvalue weighted by Gasteiger charge is 2.20. The summed E-state index contributed by atoms with van der Waals surface area (Å²) in [5.41, 5.74) is 5.57. The molecule has 0 saturated heterocycles. The van der Waals surface area contributed by atoms with E-state index in [0.717, 1.165) is 5.16 Å². The molecule has 1 aromatic heterocycles. The predicted molar refractivity (Wildman–Crippen MR) is 47.8 cm³/mol. The molecule has 0 atom stereocenters. The fourth-order valence-electron chi connectivity index (χ4n) is 0.596. The van der Waals surface area contributed by atoms with Gasteiger partial charge in [-0.3, -0.25) is 0 Å². The molecule has 0 fully saturated rings. The Labute approximate surface area is 75.7 Å². The lowest BCUT2D eigenvalue weighted by molar-refractivity contribution is 0.653. The summed E-state index contributed by atoms with van der Waals surface area (Å²) in [5.74, 6) is 0. The Balaban J connectivity index is 2.70. The van der Waals surface area contributed by atoms with Gasteiger partial charge in [0.2, 0.25) is 5.16 Å². The highest BCUT2D eigenvalue weighted by atomic mass is 32.2. The second-order valence-electron chi connectivity index (χ2n) is 3.15. The van der Waals surface area contributed by atoms with Crippen molar-refractivity contribution in [2.24, 2.45) is 12.8 Å². The van der Waals surface area contributed by atoms with Gasteiger partial charge in [0.05, 0.1) is 0 Å². The highest BCUT2D eigenvalue weighted by molar-refractivity contribution is 8.00. The quantitative estimate of drug-likeness (QED) is 0.676. The molecule has 12 heavy (non-hydrogen) atoms. The Morgan fingerprint density at radius 3 is 2.67 bits per heavy atom. The van der Waals surface area contributed by atoms with E-state index in [4.69, 9.17) is 5.73 Å². The summed E-state index contributed by atoms with van der Waals surface area (Å²) < 4.78 is 1.63. The van der Waals surface area contributed by atoms with Gasteiger partial charge in [-0.1, -0.05) is 11.8 Å². The summed E-state index contributed by atoms with van der Waals surface area (Å²) in [7, 11) is 1.81. The number of nitrogens with two attached hydrogens (primary N) is 1. The average molecular weight is 187 g/mol. The number of nitrogens with zero attached hydrogens (tertiary/aromatic N) is 4. The van der Waals surface area contributed by atoms with Crippen molar-refractivity contribution in [3.05, 3.63) is 0 Å². The van der Waals surface area contributed by atoms with Crippen LogP contribution in [0, 0.1) is 0 Å². The molecule has 0 radical (unpaired) electrons. The molecule has 0 aliphatic heterocycles. The number of hydrogen-bond acceptors (Lipinski definition) is 5. The van der Waals surface area contributed by atoms with Crippen LogP contribution in [0.3, 0.4) is 0 Å². The van der Waals surface area contributed by atoms with Gasteiger partial charge in [0.15, 0.2) is 0 Å². The van der Waals surface area contributed by atoms with Crippen molar-refractivity contribution in [1.29, 1.82) is 0 Å². The third-order valence-corrected chi connectivity index (χ3v) is 2.69. The first-order chi connectivity index (χ1) is 5.55. The molecule has 0 aliphatic carbocycles. The van der Waals surface area contributed by atoms with Crippen LogP contribution < -0.4 is 5.73 Å². The molecule has 2 N–H and O–H groups in total. The van der Waals surface area contributed by atoms with E-state index in [1.165, 1.54) is 0 Å². The van der Waals surface area contributed by atoms with E-state index in [1.807, 2.05) is 7.05 Å². The fourth-order valence-corrected chi connectivity index (χ4v) is 1.42. The van der Waals surface area contributed by atoms with Gasteiger partial charge in [0, 0.05) is 18.3 Å². The van der Waals surface area contributed by atoms with Crippen LogP contribution in [0.2, 0.25) is 0 Å². The Morgan fingerprint density at radius 1 is 1.58 bits per heavy atom. The normalized spacial score (nSPS) is 12.0. The first kappa shape index (κ1) is 9.47. The number of hydrogen-bond donors (Lipinski definition) is 1. The van der Waals surface area contributed by atoms with Crippen LogP contribution in [0.15, 0.2) is 5.16 Å². The topological polar surface area (TPSA) is 69.6 Å². The molecule has 1 aromatic rings. The van der Waals surface area contributed by atoms with Gasteiger partial charge in [0.1, 0.15) is 0 Å². The zero-order valence-electron chi connectivity index (χ0n) is 7.48. The van der Waals surface area contributed by atoms with Crippen molar-refractivity contribution in [3.8, 4) is 0 Å². The first-order valence-corrected chi connectivity index (χ1v) is 4.48. The second-order valence-corrected chi connectivity index (χ2v) is 4.83. The van der Waals surface area contributed by atoms with E-state index in [0.29, 0.717) is 6.54 Å². The van der Waals surface area contributed by atoms with Crippen molar-refractivity contribution >= 4 is 11.8 Å². The van der Waals surface area contributed by atoms with Crippen LogP contribution in [0.5, 0.6) is 0 Å². The molecule has 5 nitrogen and oxygen atoms in total. The van der Waals surface area contributed by atoms with Gasteiger partial charge in [-0.25, -0.2) is 4.68 Å². The standard InChI is InChI=1S/C6H13N5S/c1-6(2,4-7)12-5-8-9-10-11(5)3/h4,7H2,1-3H3. The maximum atomic E-state index is 5.57. The van der Waals surface area contributed by atoms with Gasteiger partial charge in [-0.2, -0.15) is 0 Å². The monoisotopic (exact) mass is 187 g/mol. The molecule has 0 unspecified atom stereocenters. The minimum atomic E-state index is -0.0114. The van der Waals surface area contributed by atoms with Crippen LogP contribution in [-0.4, -0.2) is 31.5 Å². The van der Waals surface area contributed by atoms with Crippen molar-refractivity contribution in [2.75, 3.05) is 6.54 Å². The second kappa shape index (κ2) is 3.40. The number of rotatable bonds is 3. The Bertz CT molecular complexity index is 256. The summed E-state index contributed by atoms with van der Waals surface area (Å²) in [4.78, 5) is 0. The smallest absolute Gasteiger partial charge is 0.209 e. The Hall–Kier alpha value is -0.620. The predicted octanol–water partition coefficient (Wildman–Crippen LogP) is 0.0395. The molecule has 1 heterocycles. The summed E-state index contributed by atoms with van der Waals surface area (Å²) >= 11 is 1.58. The van der Waals surface area contributed by atoms with Gasteiger partial charge >= 0.3 is 0 Å². The Kier molecular flexibility index (Phi) is 2.69. The summed E-state index contributed by atoms with van der Waals surface area (Å²) in [6.07, 6.45) is 0. The molecular formula is C6H13N5S. The van der Waals surface area contributed by atoms with E-state index in [-0.39, 0.29) is 4.75 Å². The van der Waals surface area contributed by atoms with Crippen molar-refractivity contribution in [2.45, 2.75) is 23.8 Å². The zero-order valence-corrected chi connectivity index (χ0v) is 8.30. The van der Waals surface area contributed by atoms with E-state index in [9.17, 15) is 0 Å². The minimum Gasteiger partial charge on any atom is -0.329 e. The first-order valence-electron chi connectivity index (χ1n) is 3.66. The van der Waals surface area contributed by atoms with Crippen LogP contribution in [0.25, 0.3) is 0 Å². The Morgan fingerprint density at radius 2 is 2.25 bits per heavy atom. The average Bonchev–Trinajstić information content (AvgIpc) is 2.36. The molecule has 0 aromatic carbocycles. The van der Waals surface area contributed by atoms with E-state index < -0.39 is 0 Å². The molecular weight excluding hydrogens is 174 g/mol. The van der Waals surface area contributed by atoms with Crippen LogP contribution in [0.4, 0.5) is 0 Å². The third kappa shape index (κ3) is 2.18. The van der Waals surface area contributed by atoms with Gasteiger partial charge < -0.3 is 5.73 Å². The maximum Gasteiger partial charge on any atom is 0.209 e. The zero-order chi connectivity index (χ0) is 9.19. The molecule has 0 bridgehead atoms. The molecule has 0 spiro atoms. The van der Waals surface area contributed by atoms with Crippen LogP contribution in [0.1, 0.15) is 13.8 Å². The minimum absolute atomic E-state index is 0.0114. The lowest BCUT2D eigenvalue weighted by Gasteiger charge is -2.19. The van der Waals surface area contributed by atoms with Crippen LogP contribution >= 0.6 is 11.8 Å². The van der Waals surface area contributed by atoms with E-state index >= 15 is 0 Å². The lowest BCUT2D eigenvalue weighted by Crippen LogP contribution is -2.27. The highest BCUT2D eigenvalue weighted by Crippen LogP contribution is 2.28. The summed E-state index contributed by atoms with van der Waals surface area (Å²) in [6, 6.07) is 0. The maximum absolute atomic E-state index is 5.57. The van der Waals surface area contributed by atoms with E-state index in [2.05, 4.69) is 29.4 Å². The molecule has 0 saturated carbocycles. The van der Waals surface area contributed by atoms with Gasteiger partial charge in [0.25, 0.3) is 0 Å². The fraction of sp³-hybridized carbons (Fsp3) is 0.833. The van der Waals surface area contributed by atoms with Crippen molar-refractivity contribution < 1.29 is 0 Å². The largest absolute Gasteiger partial charge is 0.329 e. The summed E-state index contributed by atoms with van der Waals surface area (Å²) in [6.45, 7) is 4.73.